The molecule has 2 saturated heterocycles. The number of benzene rings is 1. The van der Waals surface area contributed by atoms with E-state index in [1.165, 1.54) is 4.31 Å². The maximum absolute atomic E-state index is 13.4. The maximum Gasteiger partial charge on any atom is 0.270 e. The minimum Gasteiger partial charge on any atom is -0.346 e. The molecule has 3 heterocycles. The standard InChI is InChI=1S/C23H31N3O5S/c1-24-20-10-6-5-7-18(20)15-21(24)22(27)25-11-13-30-23(16-25)17-26(12-14-31-23)32(28,29)19-8-3-2-4-9-19/h5-7,10,15,19H,2-4,8-9,11-14,16-17H2,1H3. The summed E-state index contributed by atoms with van der Waals surface area (Å²) in [5.74, 6) is -1.21. The first-order valence-electron chi connectivity index (χ1n) is 11.5. The first-order chi connectivity index (χ1) is 15.4. The van der Waals surface area contributed by atoms with Crippen molar-refractivity contribution in [3.63, 3.8) is 0 Å². The predicted molar refractivity (Wildman–Crippen MR) is 121 cm³/mol. The number of carbonyl (C=O) groups is 1. The van der Waals surface area contributed by atoms with Crippen LogP contribution in [0.25, 0.3) is 10.9 Å². The lowest BCUT2D eigenvalue weighted by Crippen LogP contribution is -2.64. The average molecular weight is 462 g/mol. The van der Waals surface area contributed by atoms with Crippen molar-refractivity contribution in [3.05, 3.63) is 36.0 Å². The Morgan fingerprint density at radius 2 is 1.75 bits per heavy atom. The molecule has 1 aromatic heterocycles. The highest BCUT2D eigenvalue weighted by Gasteiger charge is 2.47. The number of hydrogen-bond acceptors (Lipinski definition) is 5. The van der Waals surface area contributed by atoms with Crippen LogP contribution >= 0.6 is 0 Å². The van der Waals surface area contributed by atoms with Crippen LogP contribution in [-0.2, 0) is 26.5 Å². The Labute approximate surface area is 189 Å². The van der Waals surface area contributed by atoms with Gasteiger partial charge in [0.15, 0.2) is 5.79 Å². The minimum absolute atomic E-state index is 0.0952. The van der Waals surface area contributed by atoms with Crippen LogP contribution in [0.5, 0.6) is 0 Å². The van der Waals surface area contributed by atoms with Gasteiger partial charge in [-0.05, 0) is 25.0 Å². The van der Waals surface area contributed by atoms with Crippen LogP contribution in [0.4, 0.5) is 0 Å². The van der Waals surface area contributed by atoms with Crippen LogP contribution in [0.15, 0.2) is 30.3 Å². The lowest BCUT2D eigenvalue weighted by Gasteiger charge is -2.47. The third kappa shape index (κ3) is 3.85. The number of fused-ring (bicyclic) bond motifs is 1. The van der Waals surface area contributed by atoms with Crippen LogP contribution in [0.2, 0.25) is 0 Å². The van der Waals surface area contributed by atoms with E-state index in [4.69, 9.17) is 9.47 Å². The quantitative estimate of drug-likeness (QED) is 0.701. The van der Waals surface area contributed by atoms with Gasteiger partial charge >= 0.3 is 0 Å². The van der Waals surface area contributed by atoms with Gasteiger partial charge in [0.25, 0.3) is 5.91 Å². The summed E-state index contributed by atoms with van der Waals surface area (Å²) in [6.45, 7) is 1.70. The van der Waals surface area contributed by atoms with Crippen molar-refractivity contribution in [2.45, 2.75) is 43.1 Å². The first kappa shape index (κ1) is 21.9. The Bertz CT molecular complexity index is 1100. The van der Waals surface area contributed by atoms with Crippen LogP contribution in [0.3, 0.4) is 0 Å². The summed E-state index contributed by atoms with van der Waals surface area (Å²) in [5, 5.41) is 0.698. The lowest BCUT2D eigenvalue weighted by molar-refractivity contribution is -0.279. The van der Waals surface area contributed by atoms with Crippen molar-refractivity contribution in [1.82, 2.24) is 13.8 Å². The zero-order valence-electron chi connectivity index (χ0n) is 18.5. The second kappa shape index (κ2) is 8.44. The molecule has 9 heteroatoms. The number of morpholine rings is 2. The highest BCUT2D eigenvalue weighted by atomic mass is 32.2. The molecule has 0 radical (unpaired) electrons. The summed E-state index contributed by atoms with van der Waals surface area (Å²) in [6.07, 6.45) is 4.47. The molecule has 3 aliphatic rings. The van der Waals surface area contributed by atoms with Crippen LogP contribution in [-0.4, -0.2) is 78.5 Å². The fourth-order valence-electron chi connectivity index (χ4n) is 5.29. The number of aryl methyl sites for hydroxylation is 1. The molecular weight excluding hydrogens is 430 g/mol. The van der Waals surface area contributed by atoms with Crippen LogP contribution in [0.1, 0.15) is 42.6 Å². The molecule has 2 aliphatic heterocycles. The molecule has 1 aliphatic carbocycles. The zero-order chi connectivity index (χ0) is 22.3. The Morgan fingerprint density at radius 3 is 2.50 bits per heavy atom. The van der Waals surface area contributed by atoms with Gasteiger partial charge in [0.2, 0.25) is 10.0 Å². The lowest BCUT2D eigenvalue weighted by atomic mass is 10.0. The maximum atomic E-state index is 13.4. The number of nitrogens with zero attached hydrogens (tertiary/aromatic N) is 3. The molecule has 1 amide bonds. The van der Waals surface area contributed by atoms with E-state index in [0.29, 0.717) is 25.4 Å². The van der Waals surface area contributed by atoms with Gasteiger partial charge in [-0.25, -0.2) is 8.42 Å². The molecule has 32 heavy (non-hydrogen) atoms. The molecule has 174 valence electrons. The number of aromatic nitrogens is 1. The Hall–Kier alpha value is -1.94. The smallest absolute Gasteiger partial charge is 0.270 e. The van der Waals surface area contributed by atoms with E-state index in [9.17, 15) is 13.2 Å². The molecule has 0 bridgehead atoms. The number of ether oxygens (including phenoxy) is 2. The third-order valence-corrected chi connectivity index (χ3v) is 9.42. The van der Waals surface area contributed by atoms with Crippen molar-refractivity contribution < 1.29 is 22.7 Å². The minimum atomic E-state index is -3.41. The molecule has 1 atom stereocenters. The predicted octanol–water partition coefficient (Wildman–Crippen LogP) is 2.34. The molecule has 1 saturated carbocycles. The van der Waals surface area contributed by atoms with Gasteiger partial charge in [-0.1, -0.05) is 37.5 Å². The topological polar surface area (TPSA) is 81.1 Å². The summed E-state index contributed by atoms with van der Waals surface area (Å²) in [5.41, 5.74) is 1.60. The zero-order valence-corrected chi connectivity index (χ0v) is 19.3. The third-order valence-electron chi connectivity index (χ3n) is 7.07. The first-order valence-corrected chi connectivity index (χ1v) is 13.0. The van der Waals surface area contributed by atoms with Gasteiger partial charge in [0.1, 0.15) is 5.69 Å². The van der Waals surface area contributed by atoms with Crippen LogP contribution < -0.4 is 0 Å². The van der Waals surface area contributed by atoms with Crippen molar-refractivity contribution in [2.75, 3.05) is 39.4 Å². The summed E-state index contributed by atoms with van der Waals surface area (Å²) in [7, 11) is -1.52. The summed E-state index contributed by atoms with van der Waals surface area (Å²) in [4.78, 5) is 15.1. The molecule has 2 aromatic rings. The summed E-state index contributed by atoms with van der Waals surface area (Å²) >= 11 is 0. The second-order valence-corrected chi connectivity index (χ2v) is 11.3. The van der Waals surface area contributed by atoms with Crippen molar-refractivity contribution in [1.29, 1.82) is 0 Å². The van der Waals surface area contributed by atoms with E-state index in [1.807, 2.05) is 41.9 Å². The number of rotatable bonds is 3. The van der Waals surface area contributed by atoms with E-state index >= 15 is 0 Å². The number of carbonyl (C=O) groups excluding carboxylic acids is 1. The molecule has 5 rings (SSSR count). The molecule has 1 spiro atoms. The number of sulfonamides is 1. The number of hydrogen-bond donors (Lipinski definition) is 0. The van der Waals surface area contributed by atoms with Crippen molar-refractivity contribution in [2.24, 2.45) is 7.05 Å². The van der Waals surface area contributed by atoms with Crippen molar-refractivity contribution >= 4 is 26.8 Å². The molecule has 0 N–H and O–H groups in total. The normalized spacial score (nSPS) is 26.1. The number of para-hydroxylation sites is 1. The van der Waals surface area contributed by atoms with Crippen LogP contribution in [0, 0.1) is 0 Å². The molecule has 1 aromatic carbocycles. The fraction of sp³-hybridized carbons (Fsp3) is 0.609. The molecule has 8 nitrogen and oxygen atoms in total. The van der Waals surface area contributed by atoms with E-state index in [-0.39, 0.29) is 30.9 Å². The Morgan fingerprint density at radius 1 is 1.03 bits per heavy atom. The monoisotopic (exact) mass is 461 g/mol. The van der Waals surface area contributed by atoms with Gasteiger partial charge < -0.3 is 18.9 Å². The van der Waals surface area contributed by atoms with Gasteiger partial charge in [-0.2, -0.15) is 4.31 Å². The molecular formula is C23H31N3O5S. The SMILES string of the molecule is Cn1c(C(=O)N2CCOC3(C2)CN(S(=O)(=O)C2CCCCC2)CCO3)cc2ccccc21. The largest absolute Gasteiger partial charge is 0.346 e. The highest BCUT2D eigenvalue weighted by Crippen LogP contribution is 2.32. The Balaban J connectivity index is 1.35. The van der Waals surface area contributed by atoms with Gasteiger partial charge in [-0.15, -0.1) is 0 Å². The summed E-state index contributed by atoms with van der Waals surface area (Å²) < 4.78 is 42.0. The molecule has 1 unspecified atom stereocenters. The van der Waals surface area contributed by atoms with Gasteiger partial charge in [-0.3, -0.25) is 4.79 Å². The fourth-order valence-corrected chi connectivity index (χ4v) is 7.34. The average Bonchev–Trinajstić information content (AvgIpc) is 3.16. The van der Waals surface area contributed by atoms with E-state index in [1.54, 1.807) is 4.90 Å². The van der Waals surface area contributed by atoms with Crippen molar-refractivity contribution in [3.8, 4) is 0 Å². The van der Waals surface area contributed by atoms with E-state index in [0.717, 1.165) is 43.0 Å². The van der Waals surface area contributed by atoms with Gasteiger partial charge in [0, 0.05) is 31.0 Å². The Kier molecular flexibility index (Phi) is 5.77. The molecule has 3 fully saturated rings. The number of amides is 1. The van der Waals surface area contributed by atoms with Gasteiger partial charge in [0.05, 0.1) is 31.6 Å². The van der Waals surface area contributed by atoms with E-state index < -0.39 is 15.8 Å². The van der Waals surface area contributed by atoms with E-state index in [2.05, 4.69) is 0 Å². The second-order valence-electron chi connectivity index (χ2n) is 9.12. The summed E-state index contributed by atoms with van der Waals surface area (Å²) in [6, 6.07) is 9.80. The highest BCUT2D eigenvalue weighted by molar-refractivity contribution is 7.89.